The normalized spacial score (nSPS) is 11.5. The van der Waals surface area contributed by atoms with Crippen LogP contribution in [0, 0.1) is 5.82 Å². The largest absolute Gasteiger partial charge is 0.507 e. The number of hydrogen-bond acceptors (Lipinski definition) is 2. The Morgan fingerprint density at radius 3 is 2.67 bits per heavy atom. The first-order valence-electron chi connectivity index (χ1n) is 6.64. The molecule has 0 aliphatic carbocycles. The first kappa shape index (κ1) is 14.1. The number of benzene rings is 2. The van der Waals surface area contributed by atoms with Crippen molar-refractivity contribution in [2.75, 3.05) is 0 Å². The van der Waals surface area contributed by atoms with E-state index in [1.54, 1.807) is 0 Å². The molecule has 21 heavy (non-hydrogen) atoms. The molecule has 0 atom stereocenters. The Hall–Kier alpha value is -1.88. The lowest BCUT2D eigenvalue weighted by Gasteiger charge is -2.14. The maximum Gasteiger partial charge on any atom is 0.148 e. The topological polar surface area (TPSA) is 38.0 Å². The number of fused-ring (bicyclic) bond motifs is 1. The van der Waals surface area contributed by atoms with Crippen molar-refractivity contribution in [3.63, 3.8) is 0 Å². The molecule has 5 heteroatoms. The van der Waals surface area contributed by atoms with Gasteiger partial charge in [0.15, 0.2) is 0 Å². The molecule has 0 aliphatic rings. The number of nitrogens with zero attached hydrogens (tertiary/aromatic N) is 2. The number of hydrogen-bond donors (Lipinski definition) is 1. The summed E-state index contributed by atoms with van der Waals surface area (Å²) in [5.74, 6) is -0.147. The zero-order chi connectivity index (χ0) is 15.1. The van der Waals surface area contributed by atoms with Gasteiger partial charge >= 0.3 is 0 Å². The minimum atomic E-state index is -0.480. The van der Waals surface area contributed by atoms with E-state index < -0.39 is 5.82 Å². The van der Waals surface area contributed by atoms with Crippen molar-refractivity contribution in [1.82, 2.24) is 9.55 Å². The highest BCUT2D eigenvalue weighted by Crippen LogP contribution is 2.35. The van der Waals surface area contributed by atoms with Gasteiger partial charge in [0.1, 0.15) is 17.4 Å². The Bertz CT molecular complexity index is 806. The van der Waals surface area contributed by atoms with Crippen LogP contribution >= 0.6 is 15.9 Å². The number of aromatic nitrogens is 2. The van der Waals surface area contributed by atoms with Crippen molar-refractivity contribution in [3.8, 4) is 17.1 Å². The number of halogens is 2. The maximum atomic E-state index is 14.2. The van der Waals surface area contributed by atoms with Crippen LogP contribution in [0.1, 0.15) is 19.9 Å². The van der Waals surface area contributed by atoms with Crippen LogP contribution < -0.4 is 0 Å². The van der Waals surface area contributed by atoms with E-state index in [0.29, 0.717) is 5.82 Å². The van der Waals surface area contributed by atoms with Crippen molar-refractivity contribution >= 4 is 27.0 Å². The van der Waals surface area contributed by atoms with Crippen LogP contribution in [0.15, 0.2) is 40.9 Å². The zero-order valence-electron chi connectivity index (χ0n) is 11.6. The van der Waals surface area contributed by atoms with Gasteiger partial charge in [0.25, 0.3) is 0 Å². The van der Waals surface area contributed by atoms with Gasteiger partial charge < -0.3 is 9.67 Å². The molecule has 0 saturated carbocycles. The van der Waals surface area contributed by atoms with Crippen LogP contribution in [0.4, 0.5) is 4.39 Å². The average molecular weight is 349 g/mol. The summed E-state index contributed by atoms with van der Waals surface area (Å²) in [6.45, 7) is 4.01. The van der Waals surface area contributed by atoms with Crippen LogP contribution in [0.25, 0.3) is 22.4 Å². The van der Waals surface area contributed by atoms with Crippen molar-refractivity contribution in [2.24, 2.45) is 0 Å². The molecule has 1 heterocycles. The fourth-order valence-corrected chi connectivity index (χ4v) is 2.85. The van der Waals surface area contributed by atoms with E-state index in [9.17, 15) is 9.50 Å². The number of phenols is 1. The Morgan fingerprint density at radius 2 is 2.00 bits per heavy atom. The molecule has 108 valence electrons. The standard InChI is InChI=1S/C16H14BrFN2O/c1-9(2)20-13-7-6-10(17)8-12(13)19-16(20)15-11(18)4-3-5-14(15)21/h3-9,21H,1-2H3. The molecule has 2 aromatic carbocycles. The molecule has 0 amide bonds. The molecular weight excluding hydrogens is 335 g/mol. The van der Waals surface area contributed by atoms with E-state index in [2.05, 4.69) is 20.9 Å². The van der Waals surface area contributed by atoms with Gasteiger partial charge in [0, 0.05) is 10.5 Å². The second-order valence-electron chi connectivity index (χ2n) is 5.17. The molecule has 3 aromatic rings. The summed E-state index contributed by atoms with van der Waals surface area (Å²) < 4.78 is 17.0. The third kappa shape index (κ3) is 2.31. The van der Waals surface area contributed by atoms with Crippen LogP contribution in [0.3, 0.4) is 0 Å². The van der Waals surface area contributed by atoms with E-state index in [4.69, 9.17) is 0 Å². The van der Waals surface area contributed by atoms with Crippen LogP contribution in [0.5, 0.6) is 5.75 Å². The Kier molecular flexibility index (Phi) is 3.45. The fraction of sp³-hybridized carbons (Fsp3) is 0.188. The lowest BCUT2D eigenvalue weighted by Crippen LogP contribution is -2.04. The highest BCUT2D eigenvalue weighted by atomic mass is 79.9. The molecule has 0 fully saturated rings. The predicted molar refractivity (Wildman–Crippen MR) is 84.9 cm³/mol. The van der Waals surface area contributed by atoms with Gasteiger partial charge in [-0.15, -0.1) is 0 Å². The predicted octanol–water partition coefficient (Wildman–Crippen LogP) is 4.89. The van der Waals surface area contributed by atoms with E-state index in [-0.39, 0.29) is 17.4 Å². The maximum absolute atomic E-state index is 14.2. The molecule has 0 spiro atoms. The molecule has 3 nitrogen and oxygen atoms in total. The van der Waals surface area contributed by atoms with Crippen LogP contribution in [-0.2, 0) is 0 Å². The molecule has 0 radical (unpaired) electrons. The Balaban J connectivity index is 2.39. The minimum Gasteiger partial charge on any atom is -0.507 e. The molecule has 1 aromatic heterocycles. The van der Waals surface area contributed by atoms with Crippen LogP contribution in [0.2, 0.25) is 0 Å². The average Bonchev–Trinajstić information content (AvgIpc) is 2.76. The van der Waals surface area contributed by atoms with E-state index in [1.165, 1.54) is 18.2 Å². The van der Waals surface area contributed by atoms with Crippen molar-refractivity contribution in [3.05, 3.63) is 46.7 Å². The second-order valence-corrected chi connectivity index (χ2v) is 6.08. The van der Waals surface area contributed by atoms with Crippen LogP contribution in [-0.4, -0.2) is 14.7 Å². The fourth-order valence-electron chi connectivity index (χ4n) is 2.51. The second kappa shape index (κ2) is 5.15. The quantitative estimate of drug-likeness (QED) is 0.715. The number of imidazole rings is 1. The van der Waals surface area contributed by atoms with Crippen molar-refractivity contribution in [2.45, 2.75) is 19.9 Å². The summed E-state index contributed by atoms with van der Waals surface area (Å²) in [6.07, 6.45) is 0. The lowest BCUT2D eigenvalue weighted by atomic mass is 10.1. The van der Waals surface area contributed by atoms with Gasteiger partial charge in [-0.1, -0.05) is 22.0 Å². The van der Waals surface area contributed by atoms with Gasteiger partial charge in [0.05, 0.1) is 16.6 Å². The first-order valence-corrected chi connectivity index (χ1v) is 7.43. The highest BCUT2D eigenvalue weighted by molar-refractivity contribution is 9.10. The van der Waals surface area contributed by atoms with Gasteiger partial charge in [-0.2, -0.15) is 0 Å². The Morgan fingerprint density at radius 1 is 1.24 bits per heavy atom. The molecule has 0 unspecified atom stereocenters. The monoisotopic (exact) mass is 348 g/mol. The smallest absolute Gasteiger partial charge is 0.148 e. The van der Waals surface area contributed by atoms with Gasteiger partial charge in [-0.3, -0.25) is 0 Å². The third-order valence-electron chi connectivity index (χ3n) is 3.38. The molecule has 0 aliphatic heterocycles. The number of phenolic OH excluding ortho intramolecular Hbond substituents is 1. The summed E-state index contributed by atoms with van der Waals surface area (Å²) in [5, 5.41) is 10.0. The SMILES string of the molecule is CC(C)n1c(-c2c(O)cccc2F)nc2cc(Br)ccc21. The van der Waals surface area contributed by atoms with Crippen molar-refractivity contribution in [1.29, 1.82) is 0 Å². The summed E-state index contributed by atoms with van der Waals surface area (Å²) in [5.41, 5.74) is 1.81. The highest BCUT2D eigenvalue weighted by Gasteiger charge is 2.20. The van der Waals surface area contributed by atoms with Crippen molar-refractivity contribution < 1.29 is 9.50 Å². The van der Waals surface area contributed by atoms with E-state index in [1.807, 2.05) is 36.6 Å². The van der Waals surface area contributed by atoms with Gasteiger partial charge in [-0.05, 0) is 44.2 Å². The molecular formula is C16H14BrFN2O. The first-order chi connectivity index (χ1) is 9.99. The Labute approximate surface area is 130 Å². The number of rotatable bonds is 2. The molecule has 1 N–H and O–H groups in total. The zero-order valence-corrected chi connectivity index (χ0v) is 13.2. The van der Waals surface area contributed by atoms with Gasteiger partial charge in [-0.25, -0.2) is 9.37 Å². The molecule has 0 bridgehead atoms. The number of aromatic hydroxyl groups is 1. The summed E-state index contributed by atoms with van der Waals surface area (Å²) in [6, 6.07) is 10.1. The minimum absolute atomic E-state index is 0.0881. The third-order valence-corrected chi connectivity index (χ3v) is 3.88. The summed E-state index contributed by atoms with van der Waals surface area (Å²) in [7, 11) is 0. The van der Waals surface area contributed by atoms with Gasteiger partial charge in [0.2, 0.25) is 0 Å². The summed E-state index contributed by atoms with van der Waals surface area (Å²) in [4.78, 5) is 4.52. The lowest BCUT2D eigenvalue weighted by molar-refractivity contribution is 0.470. The molecule has 3 rings (SSSR count). The van der Waals surface area contributed by atoms with E-state index >= 15 is 0 Å². The molecule has 0 saturated heterocycles. The van der Waals surface area contributed by atoms with E-state index in [0.717, 1.165) is 15.5 Å². The summed E-state index contributed by atoms with van der Waals surface area (Å²) >= 11 is 3.42.